The van der Waals surface area contributed by atoms with Gasteiger partial charge in [-0.15, -0.1) is 5.10 Å². The second-order valence-electron chi connectivity index (χ2n) is 4.97. The molecule has 0 saturated carbocycles. The SMILES string of the molecule is COc1c(Cl)ccc(Cl)c1C(=O)O.O=C(Nc1ccccc1)Nc1cnns1.[KH]. The van der Waals surface area contributed by atoms with Crippen LogP contribution in [0.25, 0.3) is 0 Å². The molecular weight excluding hydrogens is 466 g/mol. The van der Waals surface area contributed by atoms with Crippen LogP contribution in [0.1, 0.15) is 10.4 Å². The number of benzene rings is 2. The van der Waals surface area contributed by atoms with Crippen molar-refractivity contribution in [3.05, 3.63) is 64.3 Å². The number of hydrogen-bond donors (Lipinski definition) is 3. The molecule has 1 heterocycles. The number of rotatable bonds is 4. The Morgan fingerprint density at radius 2 is 1.72 bits per heavy atom. The number of nitrogens with zero attached hydrogens (tertiary/aromatic N) is 2. The zero-order chi connectivity index (χ0) is 20.5. The molecule has 3 aromatic rings. The quantitative estimate of drug-likeness (QED) is 0.481. The van der Waals surface area contributed by atoms with Crippen molar-refractivity contribution in [1.29, 1.82) is 0 Å². The number of carbonyl (C=O) groups is 2. The molecule has 148 valence electrons. The maximum absolute atomic E-state index is 11.4. The van der Waals surface area contributed by atoms with E-state index >= 15 is 0 Å². The van der Waals surface area contributed by atoms with Crippen molar-refractivity contribution in [2.24, 2.45) is 0 Å². The molecule has 0 spiro atoms. The summed E-state index contributed by atoms with van der Waals surface area (Å²) in [6.45, 7) is 0. The van der Waals surface area contributed by atoms with Gasteiger partial charge in [-0.05, 0) is 24.3 Å². The minimum absolute atomic E-state index is 0. The molecule has 0 unspecified atom stereocenters. The summed E-state index contributed by atoms with van der Waals surface area (Å²) in [5, 5.41) is 18.6. The number of ether oxygens (including phenoxy) is 1. The summed E-state index contributed by atoms with van der Waals surface area (Å²) in [7, 11) is 1.34. The molecule has 0 bridgehead atoms. The third kappa shape index (κ3) is 8.19. The van der Waals surface area contributed by atoms with Gasteiger partial charge >= 0.3 is 63.4 Å². The second kappa shape index (κ2) is 13.1. The number of aromatic carboxylic acids is 1. The molecule has 29 heavy (non-hydrogen) atoms. The summed E-state index contributed by atoms with van der Waals surface area (Å²) in [5.41, 5.74) is 0.629. The summed E-state index contributed by atoms with van der Waals surface area (Å²) in [6, 6.07) is 11.8. The first-order chi connectivity index (χ1) is 13.4. The zero-order valence-corrected chi connectivity index (χ0v) is 16.7. The molecular formula is C17H15Cl2KN4O4S. The topological polar surface area (TPSA) is 113 Å². The molecule has 0 saturated heterocycles. The number of urea groups is 1. The Bertz CT molecular complexity index is 946. The van der Waals surface area contributed by atoms with E-state index < -0.39 is 5.97 Å². The Morgan fingerprint density at radius 3 is 2.24 bits per heavy atom. The molecule has 8 nitrogen and oxygen atoms in total. The van der Waals surface area contributed by atoms with E-state index in [-0.39, 0.29) is 78.8 Å². The molecule has 3 rings (SSSR count). The predicted octanol–water partition coefficient (Wildman–Crippen LogP) is 4.23. The van der Waals surface area contributed by atoms with Crippen molar-refractivity contribution < 1.29 is 19.4 Å². The van der Waals surface area contributed by atoms with Gasteiger partial charge in [-0.1, -0.05) is 45.9 Å². The maximum atomic E-state index is 11.4. The van der Waals surface area contributed by atoms with Crippen molar-refractivity contribution in [1.82, 2.24) is 9.59 Å². The van der Waals surface area contributed by atoms with Gasteiger partial charge in [-0.2, -0.15) is 0 Å². The first-order valence-electron chi connectivity index (χ1n) is 7.58. The van der Waals surface area contributed by atoms with E-state index in [9.17, 15) is 9.59 Å². The summed E-state index contributed by atoms with van der Waals surface area (Å²) in [6.07, 6.45) is 1.50. The Labute approximate surface area is 223 Å². The van der Waals surface area contributed by atoms with Gasteiger partial charge in [0.1, 0.15) is 10.6 Å². The first kappa shape index (κ1) is 25.8. The van der Waals surface area contributed by atoms with Crippen LogP contribution in [-0.2, 0) is 0 Å². The molecule has 0 radical (unpaired) electrons. The summed E-state index contributed by atoms with van der Waals surface area (Å²) >= 11 is 12.5. The van der Waals surface area contributed by atoms with E-state index in [1.165, 1.54) is 25.4 Å². The second-order valence-corrected chi connectivity index (χ2v) is 6.57. The third-order valence-electron chi connectivity index (χ3n) is 3.11. The van der Waals surface area contributed by atoms with Crippen molar-refractivity contribution in [2.45, 2.75) is 0 Å². The van der Waals surface area contributed by atoms with E-state index in [0.29, 0.717) is 5.00 Å². The fourth-order valence-electron chi connectivity index (χ4n) is 1.95. The fourth-order valence-corrected chi connectivity index (χ4v) is 2.83. The number of nitrogens with one attached hydrogen (secondary N) is 2. The van der Waals surface area contributed by atoms with Crippen LogP contribution in [0.15, 0.2) is 48.7 Å². The van der Waals surface area contributed by atoms with Gasteiger partial charge in [0.15, 0.2) is 5.75 Å². The Morgan fingerprint density at radius 1 is 1.07 bits per heavy atom. The van der Waals surface area contributed by atoms with Crippen LogP contribution in [0.3, 0.4) is 0 Å². The Kier molecular flexibility index (Phi) is 11.7. The summed E-state index contributed by atoms with van der Waals surface area (Å²) in [4.78, 5) is 22.1. The number of aromatic nitrogens is 2. The van der Waals surface area contributed by atoms with Gasteiger partial charge in [0.25, 0.3) is 0 Å². The van der Waals surface area contributed by atoms with Gasteiger partial charge in [-0.3, -0.25) is 5.32 Å². The van der Waals surface area contributed by atoms with E-state index in [0.717, 1.165) is 17.2 Å². The fraction of sp³-hybridized carbons (Fsp3) is 0.0588. The van der Waals surface area contributed by atoms with E-state index in [1.807, 2.05) is 30.3 Å². The van der Waals surface area contributed by atoms with Crippen LogP contribution in [0.4, 0.5) is 15.5 Å². The zero-order valence-electron chi connectivity index (χ0n) is 14.3. The number of amides is 2. The van der Waals surface area contributed by atoms with Gasteiger partial charge in [0, 0.05) is 17.2 Å². The molecule has 12 heteroatoms. The minimum atomic E-state index is -1.16. The van der Waals surface area contributed by atoms with Gasteiger partial charge in [0.05, 0.1) is 23.4 Å². The number of carboxylic acids is 1. The van der Waals surface area contributed by atoms with Crippen molar-refractivity contribution >= 4 is 109 Å². The van der Waals surface area contributed by atoms with Gasteiger partial charge in [0.2, 0.25) is 0 Å². The van der Waals surface area contributed by atoms with Crippen LogP contribution >= 0.6 is 34.7 Å². The molecule has 0 aliphatic rings. The Hall–Kier alpha value is -1.24. The number of methoxy groups -OCH3 is 1. The van der Waals surface area contributed by atoms with Crippen LogP contribution < -0.4 is 15.4 Å². The molecule has 0 aliphatic heterocycles. The summed E-state index contributed by atoms with van der Waals surface area (Å²) < 4.78 is 8.45. The number of halogens is 2. The van der Waals surface area contributed by atoms with Crippen LogP contribution in [0, 0.1) is 0 Å². The molecule has 0 aliphatic carbocycles. The number of carboxylic acid groups (broad SMARTS) is 1. The van der Waals surface area contributed by atoms with E-state index in [2.05, 4.69) is 20.2 Å². The van der Waals surface area contributed by atoms with E-state index in [4.69, 9.17) is 33.0 Å². The van der Waals surface area contributed by atoms with Crippen molar-refractivity contribution in [2.75, 3.05) is 17.7 Å². The molecule has 3 N–H and O–H groups in total. The van der Waals surface area contributed by atoms with Crippen LogP contribution in [0.5, 0.6) is 5.75 Å². The first-order valence-corrected chi connectivity index (χ1v) is 9.11. The van der Waals surface area contributed by atoms with Gasteiger partial charge < -0.3 is 15.2 Å². The predicted molar refractivity (Wildman–Crippen MR) is 116 cm³/mol. The van der Waals surface area contributed by atoms with E-state index in [1.54, 1.807) is 0 Å². The third-order valence-corrected chi connectivity index (χ3v) is 4.30. The molecule has 0 fully saturated rings. The average Bonchev–Trinajstić information content (AvgIpc) is 3.17. The molecule has 0 atom stereocenters. The standard InChI is InChI=1S/C9H8N4OS.C8H6Cl2O3.K.H/c14-9(12-8-6-10-13-15-8)11-7-4-2-1-3-5-7;1-13-7-5(10)3-2-4(9)6(7)8(11)12;;/h1-6H,(H2,11,12,14);2-3H,1H3,(H,11,12);;. The molecule has 2 amide bonds. The van der Waals surface area contributed by atoms with Crippen molar-refractivity contribution in [3.8, 4) is 5.75 Å². The normalized spacial score (nSPS) is 9.34. The van der Waals surface area contributed by atoms with Crippen LogP contribution in [-0.4, -0.2) is 85.2 Å². The van der Waals surface area contributed by atoms with Gasteiger partial charge in [-0.25, -0.2) is 9.59 Å². The van der Waals surface area contributed by atoms with Crippen molar-refractivity contribution in [3.63, 3.8) is 0 Å². The molecule has 2 aromatic carbocycles. The van der Waals surface area contributed by atoms with Crippen LogP contribution in [0.2, 0.25) is 10.0 Å². The molecule has 1 aromatic heterocycles. The summed E-state index contributed by atoms with van der Waals surface area (Å²) in [5.74, 6) is -1.08. The number of para-hydroxylation sites is 1. The Balaban J connectivity index is 0.000000284. The number of carbonyl (C=O) groups excluding carboxylic acids is 1. The number of hydrogen-bond acceptors (Lipinski definition) is 6. The number of anilines is 2. The monoisotopic (exact) mass is 480 g/mol. The average molecular weight is 481 g/mol.